The minimum atomic E-state index is -0.621. The van der Waals surface area contributed by atoms with E-state index >= 15 is 0 Å². The Hall–Kier alpha value is -3.94. The first kappa shape index (κ1) is 22.5. The van der Waals surface area contributed by atoms with Gasteiger partial charge in [-0.05, 0) is 48.2 Å². The minimum absolute atomic E-state index is 0.0993. The summed E-state index contributed by atoms with van der Waals surface area (Å²) in [5, 5.41) is 27.6. The van der Waals surface area contributed by atoms with Gasteiger partial charge in [-0.1, -0.05) is 31.2 Å². The summed E-state index contributed by atoms with van der Waals surface area (Å²) in [6, 6.07) is 20.2. The molecule has 6 rings (SSSR count). The number of hydrogen-bond donors (Lipinski definition) is 1. The average molecular weight is 493 g/mol. The van der Waals surface area contributed by atoms with Crippen LogP contribution in [0.5, 0.6) is 5.75 Å². The maximum atomic E-state index is 13.7. The molecule has 3 aromatic rings. The second-order valence-corrected chi connectivity index (χ2v) is 11.4. The van der Waals surface area contributed by atoms with Crippen molar-refractivity contribution in [1.82, 2.24) is 4.90 Å². The van der Waals surface area contributed by atoms with Crippen molar-refractivity contribution in [2.45, 2.75) is 49.5 Å². The first-order chi connectivity index (χ1) is 17.3. The molecule has 2 fully saturated rings. The number of fused-ring (bicyclic) bond motifs is 3. The van der Waals surface area contributed by atoms with Crippen molar-refractivity contribution < 1.29 is 9.53 Å². The van der Waals surface area contributed by atoms with E-state index < -0.39 is 11.3 Å². The van der Waals surface area contributed by atoms with E-state index in [1.165, 1.54) is 4.90 Å². The van der Waals surface area contributed by atoms with Gasteiger partial charge in [-0.3, -0.25) is 10.2 Å². The zero-order chi connectivity index (χ0) is 25.2. The van der Waals surface area contributed by atoms with Gasteiger partial charge in [0.1, 0.15) is 18.2 Å². The van der Waals surface area contributed by atoms with Gasteiger partial charge in [0.05, 0.1) is 33.9 Å². The van der Waals surface area contributed by atoms with Crippen LogP contribution in [0.4, 0.5) is 0 Å². The van der Waals surface area contributed by atoms with Gasteiger partial charge < -0.3 is 9.64 Å². The van der Waals surface area contributed by atoms with Crippen molar-refractivity contribution in [1.29, 1.82) is 15.9 Å². The molecule has 2 atom stereocenters. The number of nitrogens with zero attached hydrogens (tertiary/aromatic N) is 3. The Labute approximate surface area is 213 Å². The van der Waals surface area contributed by atoms with Crippen molar-refractivity contribution >= 4 is 23.1 Å². The summed E-state index contributed by atoms with van der Waals surface area (Å²) in [6.45, 7) is 2.52. The number of rotatable bonds is 3. The van der Waals surface area contributed by atoms with Crippen LogP contribution in [0.3, 0.4) is 0 Å². The maximum absolute atomic E-state index is 13.7. The van der Waals surface area contributed by atoms with E-state index in [4.69, 9.17) is 10.1 Å². The number of amides is 1. The third-order valence-corrected chi connectivity index (χ3v) is 9.43. The van der Waals surface area contributed by atoms with E-state index in [1.807, 2.05) is 36.4 Å². The number of nitrogens with one attached hydrogen (secondary N) is 1. The van der Waals surface area contributed by atoms with E-state index in [0.717, 1.165) is 50.6 Å². The molecule has 2 aromatic carbocycles. The second-order valence-electron chi connectivity index (χ2n) is 10.2. The molecule has 1 aliphatic carbocycles. The Balaban J connectivity index is 1.45. The lowest BCUT2D eigenvalue weighted by Crippen LogP contribution is -2.51. The smallest absolute Gasteiger partial charge is 0.236 e. The molecule has 7 heteroatoms. The SMILES string of the molecule is CN1C(=N)C[C@](C)(c2cc3c(s2)COc2ccc(C#N)cc2-3)[C@@H](c2ccc(C3(C#N)CC3)cc2)C1=O. The van der Waals surface area contributed by atoms with Crippen molar-refractivity contribution in [3.8, 4) is 29.0 Å². The molecule has 1 saturated heterocycles. The van der Waals surface area contributed by atoms with Gasteiger partial charge in [-0.15, -0.1) is 11.3 Å². The first-order valence-electron chi connectivity index (χ1n) is 12.0. The number of amidine groups is 1. The van der Waals surface area contributed by atoms with Crippen molar-refractivity contribution in [3.05, 3.63) is 75.0 Å². The fourth-order valence-electron chi connectivity index (χ4n) is 5.62. The molecular formula is C29H24N4O2S. The summed E-state index contributed by atoms with van der Waals surface area (Å²) in [5.74, 6) is 0.486. The zero-order valence-corrected chi connectivity index (χ0v) is 20.9. The Morgan fingerprint density at radius 3 is 2.53 bits per heavy atom. The molecule has 36 heavy (non-hydrogen) atoms. The molecule has 0 unspecified atom stereocenters. The molecular weight excluding hydrogens is 468 g/mol. The molecule has 1 amide bonds. The third kappa shape index (κ3) is 3.20. The molecule has 178 valence electrons. The van der Waals surface area contributed by atoms with E-state index in [0.29, 0.717) is 24.4 Å². The van der Waals surface area contributed by atoms with Crippen LogP contribution in [-0.4, -0.2) is 23.7 Å². The molecule has 0 radical (unpaired) electrons. The van der Waals surface area contributed by atoms with Crippen molar-refractivity contribution in [2.75, 3.05) is 7.05 Å². The number of hydrogen-bond acceptors (Lipinski definition) is 6. The van der Waals surface area contributed by atoms with Crippen LogP contribution in [0.25, 0.3) is 11.1 Å². The average Bonchev–Trinajstić information content (AvgIpc) is 3.56. The molecule has 3 heterocycles. The molecule has 6 nitrogen and oxygen atoms in total. The lowest BCUT2D eigenvalue weighted by atomic mass is 9.66. The van der Waals surface area contributed by atoms with Gasteiger partial charge in [0.25, 0.3) is 0 Å². The predicted octanol–water partition coefficient (Wildman–Crippen LogP) is 5.62. The molecule has 1 aromatic heterocycles. The highest BCUT2D eigenvalue weighted by Gasteiger charge is 2.50. The number of benzene rings is 2. The fourth-order valence-corrected chi connectivity index (χ4v) is 6.88. The number of ether oxygens (including phenoxy) is 1. The molecule has 0 spiro atoms. The normalized spacial score (nSPS) is 23.7. The lowest BCUT2D eigenvalue weighted by Gasteiger charge is -2.44. The quantitative estimate of drug-likeness (QED) is 0.513. The Kier molecular flexibility index (Phi) is 4.87. The van der Waals surface area contributed by atoms with E-state index in [1.54, 1.807) is 24.5 Å². The summed E-state index contributed by atoms with van der Waals surface area (Å²) in [5.41, 5.74) is 3.41. The van der Waals surface area contributed by atoms with Crippen LogP contribution in [0.15, 0.2) is 48.5 Å². The highest BCUT2D eigenvalue weighted by Crippen LogP contribution is 2.53. The van der Waals surface area contributed by atoms with Crippen LogP contribution in [0, 0.1) is 28.1 Å². The lowest BCUT2D eigenvalue weighted by molar-refractivity contribution is -0.131. The number of piperidine rings is 1. The van der Waals surface area contributed by atoms with Crippen molar-refractivity contribution in [3.63, 3.8) is 0 Å². The monoisotopic (exact) mass is 492 g/mol. The molecule has 1 saturated carbocycles. The Morgan fingerprint density at radius 1 is 1.11 bits per heavy atom. The van der Waals surface area contributed by atoms with Crippen LogP contribution < -0.4 is 4.74 Å². The highest BCUT2D eigenvalue weighted by atomic mass is 32.1. The van der Waals surface area contributed by atoms with Gasteiger partial charge in [0.15, 0.2) is 0 Å². The van der Waals surface area contributed by atoms with Crippen LogP contribution in [0.2, 0.25) is 0 Å². The van der Waals surface area contributed by atoms with Crippen LogP contribution in [-0.2, 0) is 22.2 Å². The summed E-state index contributed by atoms with van der Waals surface area (Å²) in [6.07, 6.45) is 2.18. The number of likely N-dealkylation sites (N-methyl/N-ethyl adjacent to an activating group) is 1. The number of thiophene rings is 1. The topological polar surface area (TPSA) is 101 Å². The van der Waals surface area contributed by atoms with E-state index in [2.05, 4.69) is 25.1 Å². The number of carbonyl (C=O) groups excluding carboxylic acids is 1. The number of nitriles is 2. The Morgan fingerprint density at radius 2 is 1.86 bits per heavy atom. The Bertz CT molecular complexity index is 1520. The summed E-state index contributed by atoms with van der Waals surface area (Å²) in [4.78, 5) is 17.2. The van der Waals surface area contributed by atoms with Gasteiger partial charge in [0.2, 0.25) is 5.91 Å². The molecule has 3 aliphatic rings. The van der Waals surface area contributed by atoms with Gasteiger partial charge in [0, 0.05) is 34.9 Å². The minimum Gasteiger partial charge on any atom is -0.487 e. The summed E-state index contributed by atoms with van der Waals surface area (Å²) in [7, 11) is 1.67. The van der Waals surface area contributed by atoms with Crippen molar-refractivity contribution in [2.24, 2.45) is 0 Å². The fraction of sp³-hybridized carbons (Fsp3) is 0.310. The largest absolute Gasteiger partial charge is 0.487 e. The summed E-state index contributed by atoms with van der Waals surface area (Å²) >= 11 is 1.62. The van der Waals surface area contributed by atoms with E-state index in [-0.39, 0.29) is 11.3 Å². The molecule has 1 N–H and O–H groups in total. The van der Waals surface area contributed by atoms with Crippen LogP contribution >= 0.6 is 11.3 Å². The molecule has 0 bridgehead atoms. The third-order valence-electron chi connectivity index (χ3n) is 8.04. The zero-order valence-electron chi connectivity index (χ0n) is 20.1. The maximum Gasteiger partial charge on any atom is 0.236 e. The van der Waals surface area contributed by atoms with Gasteiger partial charge in [-0.25, -0.2) is 0 Å². The summed E-state index contributed by atoms with van der Waals surface area (Å²) < 4.78 is 5.97. The predicted molar refractivity (Wildman–Crippen MR) is 137 cm³/mol. The van der Waals surface area contributed by atoms with Crippen LogP contribution in [0.1, 0.15) is 58.5 Å². The number of likely N-dealkylation sites (tertiary alicyclic amines) is 1. The first-order valence-corrected chi connectivity index (χ1v) is 12.8. The number of carbonyl (C=O) groups is 1. The van der Waals surface area contributed by atoms with E-state index in [9.17, 15) is 15.3 Å². The van der Waals surface area contributed by atoms with Gasteiger partial charge in [-0.2, -0.15) is 10.5 Å². The van der Waals surface area contributed by atoms with Gasteiger partial charge >= 0.3 is 0 Å². The molecule has 2 aliphatic heterocycles. The standard InChI is InChI=1S/C29H24N4O2S/c1-28(24-12-21-20-11-17(14-30)3-8-22(20)35-15-23(21)36-24)13-25(32)33(2)27(34)26(28)18-4-6-19(7-5-18)29(16-31)9-10-29/h3-8,11-12,26,32H,9-10,13,15H2,1-2H3/t26-,28+/m0/s1. The second kappa shape index (κ2) is 7.78. The highest BCUT2D eigenvalue weighted by molar-refractivity contribution is 7.12.